The van der Waals surface area contributed by atoms with Gasteiger partial charge in [0.05, 0.1) is 11.5 Å². The number of carbonyl (C=O) groups is 1. The van der Waals surface area contributed by atoms with Crippen LogP contribution < -0.4 is 19.7 Å². The Bertz CT molecular complexity index is 1160. The van der Waals surface area contributed by atoms with Gasteiger partial charge in [0.2, 0.25) is 0 Å². The monoisotopic (exact) mass is 454 g/mol. The lowest BCUT2D eigenvalue weighted by Crippen LogP contribution is -2.23. The van der Waals surface area contributed by atoms with E-state index in [1.165, 1.54) is 18.2 Å². The molecule has 8 nitrogen and oxygen atoms in total. The molecule has 9 heteroatoms. The molecule has 0 unspecified atom stereocenters. The van der Waals surface area contributed by atoms with E-state index in [1.807, 2.05) is 38.1 Å². The van der Waals surface area contributed by atoms with Crippen LogP contribution in [0.2, 0.25) is 0 Å². The van der Waals surface area contributed by atoms with E-state index in [2.05, 4.69) is 15.0 Å². The van der Waals surface area contributed by atoms with Gasteiger partial charge >= 0.3 is 0 Å². The minimum absolute atomic E-state index is 0.00367. The molecule has 0 aliphatic heterocycles. The summed E-state index contributed by atoms with van der Waals surface area (Å²) in [4.78, 5) is 18.8. The molecule has 1 aromatic heterocycles. The van der Waals surface area contributed by atoms with Gasteiger partial charge in [0, 0.05) is 38.1 Å². The molecule has 2 aromatic carbocycles. The van der Waals surface area contributed by atoms with Crippen LogP contribution >= 0.6 is 0 Å². The van der Waals surface area contributed by atoms with Gasteiger partial charge in [-0.2, -0.15) is 0 Å². The summed E-state index contributed by atoms with van der Waals surface area (Å²) in [6.45, 7) is 2.68. The van der Waals surface area contributed by atoms with Crippen molar-refractivity contribution in [3.63, 3.8) is 0 Å². The summed E-state index contributed by atoms with van der Waals surface area (Å²) in [5, 5.41) is 2.79. The van der Waals surface area contributed by atoms with Crippen LogP contribution in [-0.4, -0.2) is 40.0 Å². The molecule has 1 heterocycles. The Morgan fingerprint density at radius 3 is 2.44 bits per heavy atom. The Morgan fingerprint density at radius 2 is 1.81 bits per heavy atom. The standard InChI is InChI=1S/C23H26N4O4S/c1-4-31-20-11-9-19(10-12-20)26-32(29,30)21-7-5-6-18(14-21)23(28)25-16-17-8-13-22(24-15-17)27(2)3/h5-15,26H,4,16H2,1-3H3,(H,25,28). The van der Waals surface area contributed by atoms with Crippen molar-refractivity contribution in [2.24, 2.45) is 0 Å². The summed E-state index contributed by atoms with van der Waals surface area (Å²) in [7, 11) is -0.0632. The molecule has 3 rings (SSSR count). The Labute approximate surface area is 188 Å². The van der Waals surface area contributed by atoms with Crippen LogP contribution in [0.15, 0.2) is 71.8 Å². The van der Waals surface area contributed by atoms with Crippen LogP contribution in [0, 0.1) is 0 Å². The van der Waals surface area contributed by atoms with Gasteiger partial charge in [0.15, 0.2) is 0 Å². The molecule has 0 atom stereocenters. The molecule has 32 heavy (non-hydrogen) atoms. The van der Waals surface area contributed by atoms with Crippen molar-refractivity contribution in [1.82, 2.24) is 10.3 Å². The molecule has 0 aliphatic carbocycles. The van der Waals surface area contributed by atoms with Gasteiger partial charge in [-0.25, -0.2) is 13.4 Å². The Kier molecular flexibility index (Phi) is 7.32. The van der Waals surface area contributed by atoms with Gasteiger partial charge in [0.1, 0.15) is 11.6 Å². The van der Waals surface area contributed by atoms with E-state index in [-0.39, 0.29) is 22.9 Å². The SMILES string of the molecule is CCOc1ccc(NS(=O)(=O)c2cccc(C(=O)NCc3ccc(N(C)C)nc3)c2)cc1. The highest BCUT2D eigenvalue weighted by atomic mass is 32.2. The van der Waals surface area contributed by atoms with Crippen LogP contribution in [0.25, 0.3) is 0 Å². The van der Waals surface area contributed by atoms with Crippen molar-refractivity contribution in [1.29, 1.82) is 0 Å². The molecule has 0 fully saturated rings. The van der Waals surface area contributed by atoms with E-state index in [0.717, 1.165) is 11.4 Å². The zero-order chi connectivity index (χ0) is 23.1. The number of ether oxygens (including phenoxy) is 1. The summed E-state index contributed by atoms with van der Waals surface area (Å²) in [5.41, 5.74) is 1.49. The number of anilines is 2. The van der Waals surface area contributed by atoms with Gasteiger partial charge < -0.3 is 15.0 Å². The first kappa shape index (κ1) is 23.1. The zero-order valence-corrected chi connectivity index (χ0v) is 19.0. The maximum atomic E-state index is 12.8. The highest BCUT2D eigenvalue weighted by Crippen LogP contribution is 2.20. The number of nitrogens with one attached hydrogen (secondary N) is 2. The van der Waals surface area contributed by atoms with Crippen molar-refractivity contribution in [3.05, 3.63) is 78.0 Å². The van der Waals surface area contributed by atoms with Crippen LogP contribution in [0.1, 0.15) is 22.8 Å². The predicted molar refractivity (Wildman–Crippen MR) is 125 cm³/mol. The van der Waals surface area contributed by atoms with Crippen LogP contribution in [0.5, 0.6) is 5.75 Å². The molecule has 0 spiro atoms. The number of benzene rings is 2. The number of nitrogens with zero attached hydrogens (tertiary/aromatic N) is 2. The van der Waals surface area contributed by atoms with Crippen LogP contribution in [-0.2, 0) is 16.6 Å². The summed E-state index contributed by atoms with van der Waals surface area (Å²) < 4.78 is 33.4. The molecule has 168 valence electrons. The summed E-state index contributed by atoms with van der Waals surface area (Å²) in [5.74, 6) is 1.10. The molecule has 3 aromatic rings. The number of carbonyl (C=O) groups excluding carboxylic acids is 1. The summed E-state index contributed by atoms with van der Waals surface area (Å²) >= 11 is 0. The first-order chi connectivity index (χ1) is 15.3. The quantitative estimate of drug-likeness (QED) is 0.515. The normalized spacial score (nSPS) is 11.0. The maximum absolute atomic E-state index is 12.8. The lowest BCUT2D eigenvalue weighted by molar-refractivity contribution is 0.0950. The summed E-state index contributed by atoms with van der Waals surface area (Å²) in [6.07, 6.45) is 1.69. The van der Waals surface area contributed by atoms with Crippen molar-refractivity contribution < 1.29 is 17.9 Å². The first-order valence-electron chi connectivity index (χ1n) is 10.0. The number of amides is 1. The topological polar surface area (TPSA) is 101 Å². The first-order valence-corrected chi connectivity index (χ1v) is 11.5. The zero-order valence-electron chi connectivity index (χ0n) is 18.2. The fourth-order valence-electron chi connectivity index (χ4n) is 2.87. The average molecular weight is 455 g/mol. The van der Waals surface area contributed by atoms with Gasteiger partial charge in [0.25, 0.3) is 15.9 Å². The third kappa shape index (κ3) is 5.98. The maximum Gasteiger partial charge on any atom is 0.261 e. The van der Waals surface area contributed by atoms with E-state index in [1.54, 1.807) is 36.5 Å². The molecule has 0 saturated carbocycles. The lowest BCUT2D eigenvalue weighted by Gasteiger charge is -2.12. The Hall–Kier alpha value is -3.59. The van der Waals surface area contributed by atoms with Gasteiger partial charge in [-0.15, -0.1) is 0 Å². The number of hydrogen-bond donors (Lipinski definition) is 2. The van der Waals surface area contributed by atoms with Crippen molar-refractivity contribution in [2.45, 2.75) is 18.4 Å². The third-order valence-corrected chi connectivity index (χ3v) is 5.92. The second kappa shape index (κ2) is 10.1. The number of sulfonamides is 1. The van der Waals surface area contributed by atoms with E-state index in [4.69, 9.17) is 4.74 Å². The second-order valence-electron chi connectivity index (χ2n) is 7.19. The predicted octanol–water partition coefficient (Wildman–Crippen LogP) is 3.28. The third-order valence-electron chi connectivity index (χ3n) is 4.54. The fraction of sp³-hybridized carbons (Fsp3) is 0.217. The molecule has 0 bridgehead atoms. The van der Waals surface area contributed by atoms with E-state index in [0.29, 0.717) is 18.0 Å². The van der Waals surface area contributed by atoms with Crippen LogP contribution in [0.4, 0.5) is 11.5 Å². The molecule has 0 radical (unpaired) electrons. The molecule has 0 saturated heterocycles. The molecular formula is C23H26N4O4S. The molecular weight excluding hydrogens is 428 g/mol. The number of rotatable bonds is 9. The highest BCUT2D eigenvalue weighted by Gasteiger charge is 2.17. The van der Waals surface area contributed by atoms with Gasteiger partial charge in [-0.1, -0.05) is 12.1 Å². The minimum Gasteiger partial charge on any atom is -0.494 e. The smallest absolute Gasteiger partial charge is 0.261 e. The van der Waals surface area contributed by atoms with Gasteiger partial charge in [-0.05, 0) is 61.0 Å². The van der Waals surface area contributed by atoms with Crippen LogP contribution in [0.3, 0.4) is 0 Å². The minimum atomic E-state index is -3.86. The highest BCUT2D eigenvalue weighted by molar-refractivity contribution is 7.92. The average Bonchev–Trinajstić information content (AvgIpc) is 2.79. The molecule has 0 aliphatic rings. The lowest BCUT2D eigenvalue weighted by atomic mass is 10.2. The van der Waals surface area contributed by atoms with E-state index < -0.39 is 10.0 Å². The van der Waals surface area contributed by atoms with Crippen molar-refractivity contribution in [2.75, 3.05) is 30.3 Å². The Balaban J connectivity index is 1.67. The molecule has 1 amide bonds. The van der Waals surface area contributed by atoms with Crippen molar-refractivity contribution in [3.8, 4) is 5.75 Å². The number of hydrogen-bond acceptors (Lipinski definition) is 6. The number of pyridine rings is 1. The van der Waals surface area contributed by atoms with Gasteiger partial charge in [-0.3, -0.25) is 9.52 Å². The Morgan fingerprint density at radius 1 is 1.06 bits per heavy atom. The summed E-state index contributed by atoms with van der Waals surface area (Å²) in [6, 6.07) is 16.2. The van der Waals surface area contributed by atoms with Crippen molar-refractivity contribution >= 4 is 27.4 Å². The molecule has 2 N–H and O–H groups in total. The number of aromatic nitrogens is 1. The fourth-order valence-corrected chi connectivity index (χ4v) is 3.98. The largest absolute Gasteiger partial charge is 0.494 e. The van der Waals surface area contributed by atoms with E-state index in [9.17, 15) is 13.2 Å². The van der Waals surface area contributed by atoms with E-state index >= 15 is 0 Å². The second-order valence-corrected chi connectivity index (χ2v) is 8.87.